The molecule has 3 aromatic heterocycles. The topological polar surface area (TPSA) is 89.7 Å². The second kappa shape index (κ2) is 9.53. The highest BCUT2D eigenvalue weighted by Gasteiger charge is 2.07. The minimum Gasteiger partial charge on any atom is -0.489 e. The number of imidazole rings is 1. The number of ether oxygens (including phenoxy) is 1. The van der Waals surface area contributed by atoms with Crippen molar-refractivity contribution in [1.29, 1.82) is 0 Å². The molecule has 2 aromatic carbocycles. The van der Waals surface area contributed by atoms with E-state index in [0.29, 0.717) is 12.4 Å². The lowest BCUT2D eigenvalue weighted by atomic mass is 10.1. The van der Waals surface area contributed by atoms with Crippen LogP contribution in [0.25, 0.3) is 22.3 Å². The second-order valence-electron chi connectivity index (χ2n) is 7.98. The van der Waals surface area contributed by atoms with Crippen LogP contribution >= 0.6 is 0 Å². The first-order valence-electron chi connectivity index (χ1n) is 11.1. The van der Waals surface area contributed by atoms with E-state index in [0.717, 1.165) is 64.4 Å². The molecule has 0 aliphatic carbocycles. The molecule has 0 aliphatic rings. The molecule has 0 fully saturated rings. The van der Waals surface area contributed by atoms with Gasteiger partial charge in [-0.15, -0.1) is 0 Å². The molecular weight excluding hydrogens is 410 g/mol. The molecule has 33 heavy (non-hydrogen) atoms. The van der Waals surface area contributed by atoms with Crippen LogP contribution in [-0.4, -0.2) is 19.9 Å². The van der Waals surface area contributed by atoms with Crippen LogP contribution in [0, 0.1) is 0 Å². The van der Waals surface area contributed by atoms with E-state index in [1.165, 1.54) is 0 Å². The first kappa shape index (κ1) is 20.7. The summed E-state index contributed by atoms with van der Waals surface area (Å²) in [5.41, 5.74) is 11.7. The predicted octanol–water partition coefficient (Wildman–Crippen LogP) is 5.36. The number of pyridine rings is 2. The zero-order valence-corrected chi connectivity index (χ0v) is 18.2. The number of aromatic amines is 1. The van der Waals surface area contributed by atoms with E-state index < -0.39 is 0 Å². The van der Waals surface area contributed by atoms with Crippen molar-refractivity contribution < 1.29 is 4.74 Å². The van der Waals surface area contributed by atoms with Crippen LogP contribution in [0.1, 0.15) is 23.5 Å². The molecule has 5 rings (SSSR count). The van der Waals surface area contributed by atoms with E-state index >= 15 is 0 Å². The van der Waals surface area contributed by atoms with Crippen LogP contribution in [-0.2, 0) is 19.4 Å². The molecular formula is C27H25N5O. The average molecular weight is 436 g/mol. The number of aryl methyl sites for hydroxylation is 2. The molecule has 6 nitrogen and oxygen atoms in total. The van der Waals surface area contributed by atoms with E-state index in [9.17, 15) is 0 Å². The van der Waals surface area contributed by atoms with E-state index in [-0.39, 0.29) is 0 Å². The zero-order chi connectivity index (χ0) is 22.5. The number of nitrogens with one attached hydrogen (secondary N) is 1. The van der Waals surface area contributed by atoms with Crippen LogP contribution in [0.5, 0.6) is 5.75 Å². The predicted molar refractivity (Wildman–Crippen MR) is 131 cm³/mol. The summed E-state index contributed by atoms with van der Waals surface area (Å²) >= 11 is 0. The van der Waals surface area contributed by atoms with Gasteiger partial charge in [0, 0.05) is 23.9 Å². The fraction of sp³-hybridized carbons (Fsp3) is 0.148. The molecule has 164 valence electrons. The highest BCUT2D eigenvalue weighted by molar-refractivity contribution is 5.78. The molecule has 3 N–H and O–H groups in total. The number of nitrogen functional groups attached to an aromatic ring is 1. The molecule has 0 bridgehead atoms. The molecule has 0 unspecified atom stereocenters. The Bertz CT molecular complexity index is 1350. The van der Waals surface area contributed by atoms with Crippen LogP contribution in [0.4, 0.5) is 5.82 Å². The van der Waals surface area contributed by atoms with Gasteiger partial charge < -0.3 is 15.5 Å². The number of nitrogens with two attached hydrogens (primary N) is 1. The number of benzene rings is 2. The van der Waals surface area contributed by atoms with Gasteiger partial charge in [0.25, 0.3) is 0 Å². The minimum atomic E-state index is 0.554. The summed E-state index contributed by atoms with van der Waals surface area (Å²) in [6, 6.07) is 26.1. The monoisotopic (exact) mass is 435 g/mol. The number of H-pyrrole nitrogens is 1. The van der Waals surface area contributed by atoms with Crippen LogP contribution in [0.2, 0.25) is 0 Å². The lowest BCUT2D eigenvalue weighted by molar-refractivity contribution is 0.306. The zero-order valence-electron chi connectivity index (χ0n) is 18.2. The Morgan fingerprint density at radius 3 is 2.48 bits per heavy atom. The molecule has 6 heteroatoms. The van der Waals surface area contributed by atoms with Gasteiger partial charge in [0.05, 0.1) is 5.52 Å². The normalized spacial score (nSPS) is 11.0. The number of rotatable bonds is 8. The van der Waals surface area contributed by atoms with Gasteiger partial charge in [-0.2, -0.15) is 0 Å². The average Bonchev–Trinajstić information content (AvgIpc) is 3.26. The quantitative estimate of drug-likeness (QED) is 0.343. The first-order chi connectivity index (χ1) is 16.2. The SMILES string of the molecule is Nc1cccc(CCCc2nc3ncc(-c4ccc(OCc5ccccc5)cc4)cc3[nH]2)n1. The maximum atomic E-state index is 5.89. The molecule has 0 spiro atoms. The number of fused-ring (bicyclic) bond motifs is 1. The van der Waals surface area contributed by atoms with Crippen molar-refractivity contribution in [1.82, 2.24) is 19.9 Å². The Hall–Kier alpha value is -4.19. The minimum absolute atomic E-state index is 0.554. The van der Waals surface area contributed by atoms with Gasteiger partial charge in [0.2, 0.25) is 0 Å². The van der Waals surface area contributed by atoms with E-state index in [1.54, 1.807) is 6.07 Å². The first-order valence-corrected chi connectivity index (χ1v) is 11.1. The summed E-state index contributed by atoms with van der Waals surface area (Å²) in [4.78, 5) is 16.9. The summed E-state index contributed by atoms with van der Waals surface area (Å²) in [6.45, 7) is 0.554. The largest absolute Gasteiger partial charge is 0.489 e. The fourth-order valence-electron chi connectivity index (χ4n) is 3.78. The summed E-state index contributed by atoms with van der Waals surface area (Å²) in [5.74, 6) is 2.34. The van der Waals surface area contributed by atoms with Crippen molar-refractivity contribution in [2.75, 3.05) is 5.73 Å². The molecule has 0 aliphatic heterocycles. The third-order valence-electron chi connectivity index (χ3n) is 5.50. The highest BCUT2D eigenvalue weighted by Crippen LogP contribution is 2.25. The molecule has 0 atom stereocenters. The van der Waals surface area contributed by atoms with Gasteiger partial charge in [-0.05, 0) is 54.3 Å². The summed E-state index contributed by atoms with van der Waals surface area (Å²) in [6.07, 6.45) is 4.49. The smallest absolute Gasteiger partial charge is 0.177 e. The van der Waals surface area contributed by atoms with Crippen molar-refractivity contribution in [3.63, 3.8) is 0 Å². The fourth-order valence-corrected chi connectivity index (χ4v) is 3.78. The molecule has 5 aromatic rings. The Balaban J connectivity index is 1.22. The number of hydrogen-bond acceptors (Lipinski definition) is 5. The molecule has 0 saturated heterocycles. The molecule has 0 saturated carbocycles. The van der Waals surface area contributed by atoms with Crippen molar-refractivity contribution in [3.05, 3.63) is 102 Å². The number of aromatic nitrogens is 4. The van der Waals surface area contributed by atoms with Gasteiger partial charge in [0.1, 0.15) is 24.0 Å². The van der Waals surface area contributed by atoms with Crippen LogP contribution in [0.15, 0.2) is 85.1 Å². The Labute approximate surface area is 192 Å². The lowest BCUT2D eigenvalue weighted by Crippen LogP contribution is -1.97. The maximum Gasteiger partial charge on any atom is 0.177 e. The molecule has 3 heterocycles. The van der Waals surface area contributed by atoms with Gasteiger partial charge >= 0.3 is 0 Å². The van der Waals surface area contributed by atoms with Crippen molar-refractivity contribution in [2.24, 2.45) is 0 Å². The second-order valence-corrected chi connectivity index (χ2v) is 7.98. The Morgan fingerprint density at radius 2 is 1.67 bits per heavy atom. The van der Waals surface area contributed by atoms with E-state index in [2.05, 4.69) is 50.3 Å². The number of hydrogen-bond donors (Lipinski definition) is 2. The summed E-state index contributed by atoms with van der Waals surface area (Å²) in [5, 5.41) is 0. The molecule has 0 radical (unpaired) electrons. The molecule has 0 amide bonds. The maximum absolute atomic E-state index is 5.89. The van der Waals surface area contributed by atoms with Gasteiger partial charge in [-0.25, -0.2) is 15.0 Å². The third-order valence-corrected chi connectivity index (χ3v) is 5.50. The lowest BCUT2D eigenvalue weighted by Gasteiger charge is -2.07. The van der Waals surface area contributed by atoms with Crippen molar-refractivity contribution >= 4 is 17.0 Å². The summed E-state index contributed by atoms with van der Waals surface area (Å²) in [7, 11) is 0. The van der Waals surface area contributed by atoms with Gasteiger partial charge in [-0.1, -0.05) is 48.5 Å². The Morgan fingerprint density at radius 1 is 0.818 bits per heavy atom. The van der Waals surface area contributed by atoms with Gasteiger partial charge in [0.15, 0.2) is 5.65 Å². The van der Waals surface area contributed by atoms with Crippen LogP contribution < -0.4 is 10.5 Å². The summed E-state index contributed by atoms with van der Waals surface area (Å²) < 4.78 is 5.89. The van der Waals surface area contributed by atoms with E-state index in [4.69, 9.17) is 10.5 Å². The third kappa shape index (κ3) is 5.18. The van der Waals surface area contributed by atoms with Crippen molar-refractivity contribution in [3.8, 4) is 16.9 Å². The van der Waals surface area contributed by atoms with E-state index in [1.807, 2.05) is 48.7 Å². The van der Waals surface area contributed by atoms with Crippen molar-refractivity contribution in [2.45, 2.75) is 25.9 Å². The van der Waals surface area contributed by atoms with Crippen LogP contribution in [0.3, 0.4) is 0 Å². The highest BCUT2D eigenvalue weighted by atomic mass is 16.5. The standard InChI is InChI=1S/C27H25N5O/c28-25-10-4-8-22(30-25)9-5-11-26-31-24-16-21(17-29-27(24)32-26)20-12-14-23(15-13-20)33-18-19-6-2-1-3-7-19/h1-4,6-8,10,12-17H,5,9,11,18H2,(H2,28,30)(H,29,31,32). The number of anilines is 1. The van der Waals surface area contributed by atoms with Gasteiger partial charge in [-0.3, -0.25) is 0 Å². The number of nitrogens with zero attached hydrogens (tertiary/aromatic N) is 3. The Kier molecular flexibility index (Phi) is 5.97.